The molecule has 1 aliphatic heterocycles. The molecule has 2 aromatic heterocycles. The molecule has 8 heteroatoms. The first-order valence-electron chi connectivity index (χ1n) is 7.97. The Kier molecular flexibility index (Phi) is 4.42. The van der Waals surface area contributed by atoms with Crippen LogP contribution in [0.25, 0.3) is 0 Å². The summed E-state index contributed by atoms with van der Waals surface area (Å²) in [5, 5.41) is 17.9. The second-order valence-electron chi connectivity index (χ2n) is 5.81. The number of nitrogens with zero attached hydrogens (tertiary/aromatic N) is 4. The van der Waals surface area contributed by atoms with Gasteiger partial charge in [-0.05, 0) is 13.8 Å². The predicted octanol–water partition coefficient (Wildman–Crippen LogP) is 1.02. The van der Waals surface area contributed by atoms with Crippen LogP contribution >= 0.6 is 0 Å². The van der Waals surface area contributed by atoms with E-state index in [1.54, 1.807) is 6.33 Å². The Labute approximate surface area is 134 Å². The number of aromatic nitrogens is 5. The number of amides is 1. The van der Waals surface area contributed by atoms with E-state index in [-0.39, 0.29) is 18.1 Å². The van der Waals surface area contributed by atoms with E-state index in [1.807, 2.05) is 25.3 Å². The number of rotatable bonds is 5. The fourth-order valence-corrected chi connectivity index (χ4v) is 2.97. The fourth-order valence-electron chi connectivity index (χ4n) is 2.97. The Morgan fingerprint density at radius 2 is 2.35 bits per heavy atom. The van der Waals surface area contributed by atoms with Crippen LogP contribution in [0, 0.1) is 0 Å². The van der Waals surface area contributed by atoms with Gasteiger partial charge in [-0.25, -0.2) is 0 Å². The van der Waals surface area contributed by atoms with Gasteiger partial charge in [0.15, 0.2) is 5.69 Å². The van der Waals surface area contributed by atoms with Crippen molar-refractivity contribution in [2.24, 2.45) is 0 Å². The minimum atomic E-state index is -0.157. The van der Waals surface area contributed by atoms with E-state index in [4.69, 9.17) is 4.74 Å². The maximum Gasteiger partial charge on any atom is 0.272 e. The molecule has 0 unspecified atom stereocenters. The molecule has 23 heavy (non-hydrogen) atoms. The lowest BCUT2D eigenvalue weighted by atomic mass is 9.99. The Morgan fingerprint density at radius 3 is 3.13 bits per heavy atom. The van der Waals surface area contributed by atoms with E-state index in [2.05, 4.69) is 25.7 Å². The molecule has 0 saturated carbocycles. The molecule has 0 aromatic carbocycles. The number of ether oxygens (including phenoxy) is 1. The maximum atomic E-state index is 12.4. The van der Waals surface area contributed by atoms with Gasteiger partial charge in [-0.1, -0.05) is 6.92 Å². The zero-order valence-corrected chi connectivity index (χ0v) is 13.7. The van der Waals surface area contributed by atoms with E-state index in [0.717, 1.165) is 23.5 Å². The van der Waals surface area contributed by atoms with Gasteiger partial charge in [0.05, 0.1) is 17.9 Å². The van der Waals surface area contributed by atoms with Crippen molar-refractivity contribution in [1.82, 2.24) is 30.3 Å². The minimum absolute atomic E-state index is 0.0630. The van der Waals surface area contributed by atoms with Crippen molar-refractivity contribution in [2.75, 3.05) is 6.54 Å². The van der Waals surface area contributed by atoms with Gasteiger partial charge in [-0.2, -0.15) is 5.10 Å². The topological polar surface area (TPSA) is 97.7 Å². The SMILES string of the molecule is CCc1nncn1CCNC(=O)c1n[nH]c2c1C[C@H](C)O[C@@H]2C. The highest BCUT2D eigenvalue weighted by Crippen LogP contribution is 2.29. The molecular weight excluding hydrogens is 296 g/mol. The average Bonchev–Trinajstić information content (AvgIpc) is 3.13. The molecule has 2 aromatic rings. The van der Waals surface area contributed by atoms with Crippen LogP contribution < -0.4 is 5.32 Å². The first kappa shape index (κ1) is 15.7. The van der Waals surface area contributed by atoms with Gasteiger partial charge >= 0.3 is 0 Å². The van der Waals surface area contributed by atoms with Gasteiger partial charge in [0.2, 0.25) is 0 Å². The van der Waals surface area contributed by atoms with Crippen molar-refractivity contribution in [1.29, 1.82) is 0 Å². The van der Waals surface area contributed by atoms with Crippen molar-refractivity contribution in [3.63, 3.8) is 0 Å². The number of hydrogen-bond donors (Lipinski definition) is 2. The van der Waals surface area contributed by atoms with E-state index >= 15 is 0 Å². The molecule has 1 aliphatic rings. The second kappa shape index (κ2) is 6.49. The predicted molar refractivity (Wildman–Crippen MR) is 83.0 cm³/mol. The van der Waals surface area contributed by atoms with Gasteiger partial charge in [0.1, 0.15) is 12.2 Å². The van der Waals surface area contributed by atoms with Crippen LogP contribution in [0.4, 0.5) is 0 Å². The molecule has 124 valence electrons. The second-order valence-corrected chi connectivity index (χ2v) is 5.81. The molecule has 1 amide bonds. The minimum Gasteiger partial charge on any atom is -0.369 e. The first-order chi connectivity index (χ1) is 11.1. The molecule has 3 heterocycles. The molecule has 0 bridgehead atoms. The number of fused-ring (bicyclic) bond motifs is 1. The molecule has 0 radical (unpaired) electrons. The van der Waals surface area contributed by atoms with E-state index in [9.17, 15) is 4.79 Å². The smallest absolute Gasteiger partial charge is 0.272 e. The van der Waals surface area contributed by atoms with E-state index < -0.39 is 0 Å². The van der Waals surface area contributed by atoms with Gasteiger partial charge in [-0.15, -0.1) is 10.2 Å². The Balaban J connectivity index is 1.63. The summed E-state index contributed by atoms with van der Waals surface area (Å²) in [6.45, 7) is 7.15. The normalized spacial score (nSPS) is 20.3. The first-order valence-corrected chi connectivity index (χ1v) is 7.97. The lowest BCUT2D eigenvalue weighted by Crippen LogP contribution is -2.30. The summed E-state index contributed by atoms with van der Waals surface area (Å²) in [7, 11) is 0. The number of hydrogen-bond acceptors (Lipinski definition) is 5. The zero-order valence-electron chi connectivity index (χ0n) is 13.7. The number of carbonyl (C=O) groups is 1. The highest BCUT2D eigenvalue weighted by molar-refractivity contribution is 5.94. The van der Waals surface area contributed by atoms with Gasteiger partial charge < -0.3 is 14.6 Å². The Hall–Kier alpha value is -2.22. The Bertz CT molecular complexity index is 692. The van der Waals surface area contributed by atoms with Crippen LogP contribution in [-0.4, -0.2) is 43.5 Å². The largest absolute Gasteiger partial charge is 0.369 e. The molecular formula is C15H22N6O2. The molecule has 8 nitrogen and oxygen atoms in total. The number of aryl methyl sites for hydroxylation is 1. The summed E-state index contributed by atoms with van der Waals surface area (Å²) in [5.41, 5.74) is 2.34. The Morgan fingerprint density at radius 1 is 1.52 bits per heavy atom. The van der Waals surface area contributed by atoms with Crippen LogP contribution in [0.5, 0.6) is 0 Å². The van der Waals surface area contributed by atoms with Crippen molar-refractivity contribution < 1.29 is 9.53 Å². The highest BCUT2D eigenvalue weighted by atomic mass is 16.5. The third kappa shape index (κ3) is 3.12. The molecule has 0 spiro atoms. The summed E-state index contributed by atoms with van der Waals surface area (Å²) >= 11 is 0. The molecule has 0 saturated heterocycles. The third-order valence-electron chi connectivity index (χ3n) is 4.10. The summed E-state index contributed by atoms with van der Waals surface area (Å²) in [4.78, 5) is 12.4. The molecule has 2 N–H and O–H groups in total. The monoisotopic (exact) mass is 318 g/mol. The average molecular weight is 318 g/mol. The number of aromatic amines is 1. The fraction of sp³-hybridized carbons (Fsp3) is 0.600. The summed E-state index contributed by atoms with van der Waals surface area (Å²) in [6.07, 6.45) is 3.22. The van der Waals surface area contributed by atoms with E-state index in [1.165, 1.54) is 0 Å². The van der Waals surface area contributed by atoms with Gasteiger partial charge in [0.25, 0.3) is 5.91 Å². The van der Waals surface area contributed by atoms with Crippen LogP contribution in [0.2, 0.25) is 0 Å². The van der Waals surface area contributed by atoms with Gasteiger partial charge in [-0.3, -0.25) is 9.89 Å². The molecule has 0 fully saturated rings. The third-order valence-corrected chi connectivity index (χ3v) is 4.10. The van der Waals surface area contributed by atoms with Gasteiger partial charge in [0, 0.05) is 31.5 Å². The maximum absolute atomic E-state index is 12.4. The molecule has 3 rings (SSSR count). The highest BCUT2D eigenvalue weighted by Gasteiger charge is 2.29. The van der Waals surface area contributed by atoms with Crippen molar-refractivity contribution in [2.45, 2.75) is 52.4 Å². The molecule has 2 atom stereocenters. The number of nitrogens with one attached hydrogen (secondary N) is 2. The summed E-state index contributed by atoms with van der Waals surface area (Å²) in [6, 6.07) is 0. The van der Waals surface area contributed by atoms with Crippen LogP contribution in [0.3, 0.4) is 0 Å². The standard InChI is InChI=1S/C15H22N6O2/c1-4-12-18-17-8-21(12)6-5-16-15(22)14-11-7-9(2)23-10(3)13(11)19-20-14/h8-10H,4-7H2,1-3H3,(H,16,22)(H,19,20)/t9-,10+/m0/s1. The van der Waals surface area contributed by atoms with Crippen LogP contribution in [-0.2, 0) is 24.1 Å². The van der Waals surface area contributed by atoms with Crippen molar-refractivity contribution in [3.05, 3.63) is 29.1 Å². The lowest BCUT2D eigenvalue weighted by molar-refractivity contribution is -0.00697. The zero-order chi connectivity index (χ0) is 16.4. The van der Waals surface area contributed by atoms with E-state index in [0.29, 0.717) is 25.2 Å². The van der Waals surface area contributed by atoms with Crippen molar-refractivity contribution >= 4 is 5.91 Å². The molecule has 0 aliphatic carbocycles. The van der Waals surface area contributed by atoms with Crippen LogP contribution in [0.1, 0.15) is 54.4 Å². The quantitative estimate of drug-likeness (QED) is 0.857. The van der Waals surface area contributed by atoms with Crippen LogP contribution in [0.15, 0.2) is 6.33 Å². The lowest BCUT2D eigenvalue weighted by Gasteiger charge is -2.25. The number of carbonyl (C=O) groups excluding carboxylic acids is 1. The summed E-state index contributed by atoms with van der Waals surface area (Å²) in [5.74, 6) is 0.756. The number of H-pyrrole nitrogens is 1. The van der Waals surface area contributed by atoms with Crippen molar-refractivity contribution in [3.8, 4) is 0 Å². The summed E-state index contributed by atoms with van der Waals surface area (Å²) < 4.78 is 7.68.